The minimum atomic E-state index is -4.99. The fourth-order valence-corrected chi connectivity index (χ4v) is 2.03. The van der Waals surface area contributed by atoms with Crippen molar-refractivity contribution in [3.8, 4) is 11.5 Å². The van der Waals surface area contributed by atoms with Gasteiger partial charge in [0.1, 0.15) is 0 Å². The van der Waals surface area contributed by atoms with Crippen molar-refractivity contribution in [3.05, 3.63) is 39.7 Å². The van der Waals surface area contributed by atoms with Crippen molar-refractivity contribution in [1.82, 2.24) is 4.98 Å². The standard InChI is InChI=1S/C11H4Cl2F3NO3/c12-4-2-1-3-5(13)6(4)9-17-7(10(18)19)8(20-9)11(14,15)16/h1-3H,(H,18,19). The molecular weight excluding hydrogens is 322 g/mol. The maximum atomic E-state index is 12.7. The highest BCUT2D eigenvalue weighted by Gasteiger charge is 2.42. The third-order valence-corrected chi connectivity index (χ3v) is 2.89. The van der Waals surface area contributed by atoms with E-state index in [0.717, 1.165) is 0 Å². The Morgan fingerprint density at radius 3 is 2.20 bits per heavy atom. The van der Waals surface area contributed by atoms with Crippen molar-refractivity contribution in [2.45, 2.75) is 6.18 Å². The van der Waals surface area contributed by atoms with Gasteiger partial charge in [0.25, 0.3) is 0 Å². The molecule has 0 fully saturated rings. The van der Waals surface area contributed by atoms with Gasteiger partial charge in [-0.15, -0.1) is 0 Å². The van der Waals surface area contributed by atoms with Gasteiger partial charge in [-0.2, -0.15) is 13.2 Å². The van der Waals surface area contributed by atoms with Crippen molar-refractivity contribution in [3.63, 3.8) is 0 Å². The van der Waals surface area contributed by atoms with E-state index in [2.05, 4.69) is 9.40 Å². The van der Waals surface area contributed by atoms with Gasteiger partial charge in [0.05, 0.1) is 15.6 Å². The van der Waals surface area contributed by atoms with E-state index in [1.807, 2.05) is 0 Å². The van der Waals surface area contributed by atoms with E-state index in [9.17, 15) is 18.0 Å². The quantitative estimate of drug-likeness (QED) is 0.890. The summed E-state index contributed by atoms with van der Waals surface area (Å²) in [6, 6.07) is 4.20. The van der Waals surface area contributed by atoms with Gasteiger partial charge in [0.15, 0.2) is 5.69 Å². The molecule has 2 rings (SSSR count). The molecule has 0 radical (unpaired) electrons. The molecule has 0 atom stereocenters. The Balaban J connectivity index is 2.69. The van der Waals surface area contributed by atoms with Crippen molar-refractivity contribution in [2.24, 2.45) is 0 Å². The van der Waals surface area contributed by atoms with Crippen LogP contribution in [0, 0.1) is 0 Å². The molecule has 0 saturated carbocycles. The van der Waals surface area contributed by atoms with E-state index in [1.165, 1.54) is 18.2 Å². The summed E-state index contributed by atoms with van der Waals surface area (Å²) >= 11 is 11.6. The number of oxazole rings is 1. The first-order chi connectivity index (χ1) is 9.21. The third kappa shape index (κ3) is 2.59. The Morgan fingerprint density at radius 1 is 1.25 bits per heavy atom. The number of rotatable bonds is 2. The third-order valence-electron chi connectivity index (χ3n) is 2.26. The van der Waals surface area contributed by atoms with Crippen LogP contribution >= 0.6 is 23.2 Å². The van der Waals surface area contributed by atoms with Crippen LogP contribution in [-0.4, -0.2) is 16.1 Å². The Morgan fingerprint density at radius 2 is 1.80 bits per heavy atom. The molecule has 0 amide bonds. The molecule has 0 aliphatic carbocycles. The molecule has 0 aliphatic rings. The predicted molar refractivity (Wildman–Crippen MR) is 63.9 cm³/mol. The average Bonchev–Trinajstić information content (AvgIpc) is 2.73. The minimum absolute atomic E-state index is 0.00980. The lowest BCUT2D eigenvalue weighted by Crippen LogP contribution is -2.10. The average molecular weight is 326 g/mol. The Kier molecular flexibility index (Phi) is 3.66. The molecule has 0 spiro atoms. The first kappa shape index (κ1) is 14.7. The van der Waals surface area contributed by atoms with E-state index in [1.54, 1.807) is 0 Å². The lowest BCUT2D eigenvalue weighted by atomic mass is 10.2. The Bertz CT molecular complexity index is 662. The number of aromatic carboxylic acids is 1. The first-order valence-corrected chi connectivity index (χ1v) is 5.73. The molecular formula is C11H4Cl2F3NO3. The highest BCUT2D eigenvalue weighted by Crippen LogP contribution is 2.39. The SMILES string of the molecule is O=C(O)c1nc(-c2c(Cl)cccc2Cl)oc1C(F)(F)F. The van der Waals surface area contributed by atoms with Gasteiger partial charge in [-0.05, 0) is 12.1 Å². The molecule has 9 heteroatoms. The number of hydrogen-bond acceptors (Lipinski definition) is 3. The predicted octanol–water partition coefficient (Wildman–Crippen LogP) is 4.37. The lowest BCUT2D eigenvalue weighted by Gasteiger charge is -2.03. The number of benzene rings is 1. The maximum Gasteiger partial charge on any atom is 0.452 e. The summed E-state index contributed by atoms with van der Waals surface area (Å²) in [5, 5.41) is 8.72. The highest BCUT2D eigenvalue weighted by molar-refractivity contribution is 6.38. The fourth-order valence-electron chi connectivity index (χ4n) is 1.47. The molecule has 0 aliphatic heterocycles. The molecule has 2 aromatic rings. The number of carboxylic acids is 1. The van der Waals surface area contributed by atoms with Gasteiger partial charge in [-0.25, -0.2) is 9.78 Å². The summed E-state index contributed by atoms with van der Waals surface area (Å²) in [5.74, 6) is -4.18. The summed E-state index contributed by atoms with van der Waals surface area (Å²) in [5.41, 5.74) is -1.35. The van der Waals surface area contributed by atoms with E-state index in [0.29, 0.717) is 0 Å². The normalized spacial score (nSPS) is 11.7. The molecule has 0 saturated heterocycles. The topological polar surface area (TPSA) is 63.3 Å². The number of nitrogens with zero attached hydrogens (tertiary/aromatic N) is 1. The zero-order valence-electron chi connectivity index (χ0n) is 9.33. The minimum Gasteiger partial charge on any atom is -0.476 e. The van der Waals surface area contributed by atoms with Crippen LogP contribution in [0.25, 0.3) is 11.5 Å². The Labute approximate surface area is 119 Å². The summed E-state index contributed by atoms with van der Waals surface area (Å²) < 4.78 is 42.5. The molecule has 0 bridgehead atoms. The van der Waals surface area contributed by atoms with Gasteiger partial charge >= 0.3 is 12.1 Å². The fraction of sp³-hybridized carbons (Fsp3) is 0.0909. The smallest absolute Gasteiger partial charge is 0.452 e. The molecule has 0 unspecified atom stereocenters. The van der Waals surface area contributed by atoms with Gasteiger partial charge in [0, 0.05) is 0 Å². The van der Waals surface area contributed by atoms with Crippen LogP contribution in [0.5, 0.6) is 0 Å². The Hall–Kier alpha value is -1.73. The van der Waals surface area contributed by atoms with Crippen LogP contribution in [0.4, 0.5) is 13.2 Å². The number of carboxylic acid groups (broad SMARTS) is 1. The number of carbonyl (C=O) groups is 1. The first-order valence-electron chi connectivity index (χ1n) is 4.97. The molecule has 1 aromatic heterocycles. The van der Waals surface area contributed by atoms with E-state index >= 15 is 0 Å². The van der Waals surface area contributed by atoms with Gasteiger partial charge in [-0.1, -0.05) is 29.3 Å². The zero-order chi connectivity index (χ0) is 15.1. The second-order valence-corrected chi connectivity index (χ2v) is 4.41. The largest absolute Gasteiger partial charge is 0.476 e. The van der Waals surface area contributed by atoms with E-state index < -0.39 is 29.5 Å². The van der Waals surface area contributed by atoms with E-state index in [4.69, 9.17) is 28.3 Å². The number of alkyl halides is 3. The number of halogens is 5. The van der Waals surface area contributed by atoms with Crippen LogP contribution in [0.15, 0.2) is 22.6 Å². The van der Waals surface area contributed by atoms with Crippen molar-refractivity contribution >= 4 is 29.2 Å². The molecule has 1 N–H and O–H groups in total. The van der Waals surface area contributed by atoms with E-state index in [-0.39, 0.29) is 15.6 Å². The van der Waals surface area contributed by atoms with Crippen LogP contribution < -0.4 is 0 Å². The molecule has 1 aromatic carbocycles. The van der Waals surface area contributed by atoms with Crippen LogP contribution in [0.3, 0.4) is 0 Å². The van der Waals surface area contributed by atoms with Crippen molar-refractivity contribution in [2.75, 3.05) is 0 Å². The van der Waals surface area contributed by atoms with Gasteiger partial charge in [0.2, 0.25) is 11.7 Å². The summed E-state index contributed by atoms with van der Waals surface area (Å²) in [6.45, 7) is 0. The monoisotopic (exact) mass is 325 g/mol. The second-order valence-electron chi connectivity index (χ2n) is 3.60. The molecule has 4 nitrogen and oxygen atoms in total. The van der Waals surface area contributed by atoms with Crippen molar-refractivity contribution < 1.29 is 27.5 Å². The summed E-state index contributed by atoms with van der Waals surface area (Å²) in [7, 11) is 0. The van der Waals surface area contributed by atoms with Crippen molar-refractivity contribution in [1.29, 1.82) is 0 Å². The summed E-state index contributed by atoms with van der Waals surface area (Å²) in [6.07, 6.45) is -4.99. The summed E-state index contributed by atoms with van der Waals surface area (Å²) in [4.78, 5) is 14.1. The second kappa shape index (κ2) is 4.99. The maximum absolute atomic E-state index is 12.7. The zero-order valence-corrected chi connectivity index (χ0v) is 10.8. The van der Waals surface area contributed by atoms with Crippen LogP contribution in [0.1, 0.15) is 16.2 Å². The highest BCUT2D eigenvalue weighted by atomic mass is 35.5. The number of hydrogen-bond donors (Lipinski definition) is 1. The van der Waals surface area contributed by atoms with Crippen LogP contribution in [0.2, 0.25) is 10.0 Å². The molecule has 1 heterocycles. The number of aromatic nitrogens is 1. The molecule has 106 valence electrons. The van der Waals surface area contributed by atoms with Gasteiger partial charge < -0.3 is 9.52 Å². The lowest BCUT2D eigenvalue weighted by molar-refractivity contribution is -0.153. The van der Waals surface area contributed by atoms with Gasteiger partial charge in [-0.3, -0.25) is 0 Å². The van der Waals surface area contributed by atoms with Crippen LogP contribution in [-0.2, 0) is 6.18 Å². The molecule has 20 heavy (non-hydrogen) atoms.